The quantitative estimate of drug-likeness (QED) is 0.683. The fourth-order valence-corrected chi connectivity index (χ4v) is 2.55. The first kappa shape index (κ1) is 13.3. The van der Waals surface area contributed by atoms with E-state index in [9.17, 15) is 15.0 Å². The average molecular weight is 284 g/mol. The summed E-state index contributed by atoms with van der Waals surface area (Å²) in [6.45, 7) is 0.935. The van der Waals surface area contributed by atoms with Gasteiger partial charge in [-0.05, 0) is 42.7 Å². The smallest absolute Gasteiger partial charge is 0.255 e. The minimum atomic E-state index is -0.361. The number of nitrogens with one attached hydrogen (secondary N) is 2. The highest BCUT2D eigenvalue weighted by molar-refractivity contribution is 6.05. The van der Waals surface area contributed by atoms with Gasteiger partial charge >= 0.3 is 0 Å². The Balaban J connectivity index is 1.88. The van der Waals surface area contributed by atoms with Gasteiger partial charge in [0.15, 0.2) is 0 Å². The molecular weight excluding hydrogens is 268 g/mol. The zero-order chi connectivity index (χ0) is 14.8. The van der Waals surface area contributed by atoms with E-state index in [0.717, 1.165) is 36.3 Å². The summed E-state index contributed by atoms with van der Waals surface area (Å²) in [6.07, 6.45) is 1.93. The molecule has 0 bridgehead atoms. The molecule has 0 radical (unpaired) electrons. The lowest BCUT2D eigenvalue weighted by molar-refractivity contribution is 0.102. The summed E-state index contributed by atoms with van der Waals surface area (Å²) in [5, 5.41) is 25.0. The maximum atomic E-state index is 12.3. The molecular formula is C16H16N2O3. The third-order valence-corrected chi connectivity index (χ3v) is 3.51. The van der Waals surface area contributed by atoms with E-state index < -0.39 is 0 Å². The van der Waals surface area contributed by atoms with Gasteiger partial charge in [0.25, 0.3) is 5.91 Å². The molecule has 0 fully saturated rings. The molecule has 0 spiro atoms. The molecule has 0 saturated carbocycles. The average Bonchev–Trinajstić information content (AvgIpc) is 2.46. The van der Waals surface area contributed by atoms with Crippen LogP contribution in [0.1, 0.15) is 22.3 Å². The number of amides is 1. The molecule has 1 amide bonds. The third kappa shape index (κ3) is 2.76. The van der Waals surface area contributed by atoms with Crippen LogP contribution < -0.4 is 10.6 Å². The van der Waals surface area contributed by atoms with E-state index in [0.29, 0.717) is 0 Å². The Morgan fingerprint density at radius 2 is 1.90 bits per heavy atom. The molecule has 108 valence electrons. The molecule has 1 heterocycles. The van der Waals surface area contributed by atoms with Crippen molar-refractivity contribution in [1.82, 2.24) is 0 Å². The summed E-state index contributed by atoms with van der Waals surface area (Å²) in [5.74, 6) is -0.644. The van der Waals surface area contributed by atoms with Crippen LogP contribution in [0.5, 0.6) is 11.5 Å². The fourth-order valence-electron chi connectivity index (χ4n) is 2.55. The van der Waals surface area contributed by atoms with Crippen LogP contribution in [0.2, 0.25) is 0 Å². The van der Waals surface area contributed by atoms with E-state index in [1.165, 1.54) is 18.2 Å². The lowest BCUT2D eigenvalue weighted by atomic mass is 10.0. The van der Waals surface area contributed by atoms with Gasteiger partial charge in [0.1, 0.15) is 11.5 Å². The number of aromatic hydroxyl groups is 2. The van der Waals surface area contributed by atoms with Crippen molar-refractivity contribution >= 4 is 17.3 Å². The SMILES string of the molecule is O=C(Nc1cccc2c1CCCN2)c1cc(O)cc(O)c1. The van der Waals surface area contributed by atoms with E-state index in [1.54, 1.807) is 0 Å². The van der Waals surface area contributed by atoms with E-state index in [1.807, 2.05) is 18.2 Å². The van der Waals surface area contributed by atoms with E-state index >= 15 is 0 Å². The van der Waals surface area contributed by atoms with Gasteiger partial charge in [-0.25, -0.2) is 0 Å². The van der Waals surface area contributed by atoms with Crippen LogP contribution in [-0.2, 0) is 6.42 Å². The molecule has 21 heavy (non-hydrogen) atoms. The van der Waals surface area contributed by atoms with Crippen LogP contribution in [0.15, 0.2) is 36.4 Å². The lowest BCUT2D eigenvalue weighted by Gasteiger charge is -2.21. The number of anilines is 2. The summed E-state index contributed by atoms with van der Waals surface area (Å²) >= 11 is 0. The number of carbonyl (C=O) groups excluding carboxylic acids is 1. The van der Waals surface area contributed by atoms with Gasteiger partial charge in [-0.15, -0.1) is 0 Å². The number of hydrogen-bond acceptors (Lipinski definition) is 4. The second-order valence-electron chi connectivity index (χ2n) is 5.05. The third-order valence-electron chi connectivity index (χ3n) is 3.51. The molecule has 0 aliphatic carbocycles. The highest BCUT2D eigenvalue weighted by atomic mass is 16.3. The topological polar surface area (TPSA) is 81.6 Å². The number of phenolic OH excluding ortho intramolecular Hbond substituents is 2. The van der Waals surface area contributed by atoms with Crippen LogP contribution in [0.4, 0.5) is 11.4 Å². The van der Waals surface area contributed by atoms with Crippen molar-refractivity contribution in [2.45, 2.75) is 12.8 Å². The highest BCUT2D eigenvalue weighted by Gasteiger charge is 2.15. The zero-order valence-corrected chi connectivity index (χ0v) is 11.4. The van der Waals surface area contributed by atoms with Gasteiger partial charge in [-0.3, -0.25) is 4.79 Å². The Kier molecular flexibility index (Phi) is 3.39. The molecule has 1 aliphatic rings. The second kappa shape index (κ2) is 5.36. The molecule has 1 aliphatic heterocycles. The summed E-state index contributed by atoms with van der Waals surface area (Å²) in [5.41, 5.74) is 3.10. The first-order chi connectivity index (χ1) is 10.1. The maximum absolute atomic E-state index is 12.3. The summed E-state index contributed by atoms with van der Waals surface area (Å²) in [6, 6.07) is 9.56. The summed E-state index contributed by atoms with van der Waals surface area (Å²) in [7, 11) is 0. The van der Waals surface area contributed by atoms with Crippen molar-refractivity contribution in [1.29, 1.82) is 0 Å². The number of phenols is 2. The van der Waals surface area contributed by atoms with Crippen molar-refractivity contribution in [3.8, 4) is 11.5 Å². The van der Waals surface area contributed by atoms with Gasteiger partial charge in [-0.1, -0.05) is 6.07 Å². The molecule has 2 aromatic rings. The van der Waals surface area contributed by atoms with E-state index in [-0.39, 0.29) is 23.0 Å². The molecule has 5 heteroatoms. The Morgan fingerprint density at radius 3 is 2.67 bits per heavy atom. The van der Waals surface area contributed by atoms with Gasteiger partial charge in [0.2, 0.25) is 0 Å². The predicted octanol–water partition coefficient (Wildman–Crippen LogP) is 2.71. The first-order valence-electron chi connectivity index (χ1n) is 6.83. The molecule has 4 N–H and O–H groups in total. The van der Waals surface area contributed by atoms with Gasteiger partial charge in [0.05, 0.1) is 0 Å². The Hall–Kier alpha value is -2.69. The molecule has 0 unspecified atom stereocenters. The number of fused-ring (bicyclic) bond motifs is 1. The molecule has 3 rings (SSSR count). The van der Waals surface area contributed by atoms with Gasteiger partial charge in [0, 0.05) is 29.5 Å². The normalized spacial score (nSPS) is 13.1. The second-order valence-corrected chi connectivity index (χ2v) is 5.05. The Bertz CT molecular complexity index is 678. The fraction of sp³-hybridized carbons (Fsp3) is 0.188. The molecule has 0 atom stereocenters. The van der Waals surface area contributed by atoms with Crippen molar-refractivity contribution in [3.05, 3.63) is 47.5 Å². The number of carbonyl (C=O) groups is 1. The standard InChI is InChI=1S/C16H16N2O3/c19-11-7-10(8-12(20)9-11)16(21)18-15-5-1-4-14-13(15)3-2-6-17-14/h1,4-5,7-9,17,19-20H,2-3,6H2,(H,18,21). The van der Waals surface area contributed by atoms with Crippen LogP contribution in [0.3, 0.4) is 0 Å². The van der Waals surface area contributed by atoms with Crippen LogP contribution in [0.25, 0.3) is 0 Å². The number of rotatable bonds is 2. The monoisotopic (exact) mass is 284 g/mol. The highest BCUT2D eigenvalue weighted by Crippen LogP contribution is 2.29. The molecule has 0 aromatic heterocycles. The van der Waals surface area contributed by atoms with Gasteiger partial charge < -0.3 is 20.8 Å². The Labute approximate surface area is 122 Å². The Morgan fingerprint density at radius 1 is 1.14 bits per heavy atom. The van der Waals surface area contributed by atoms with Crippen molar-refractivity contribution < 1.29 is 15.0 Å². The van der Waals surface area contributed by atoms with Crippen molar-refractivity contribution in [2.24, 2.45) is 0 Å². The van der Waals surface area contributed by atoms with E-state index in [4.69, 9.17) is 0 Å². The van der Waals surface area contributed by atoms with Crippen molar-refractivity contribution in [2.75, 3.05) is 17.2 Å². The summed E-state index contributed by atoms with van der Waals surface area (Å²) in [4.78, 5) is 12.3. The zero-order valence-electron chi connectivity index (χ0n) is 11.4. The summed E-state index contributed by atoms with van der Waals surface area (Å²) < 4.78 is 0. The van der Waals surface area contributed by atoms with Crippen LogP contribution in [0, 0.1) is 0 Å². The number of benzene rings is 2. The van der Waals surface area contributed by atoms with Crippen LogP contribution in [-0.4, -0.2) is 22.7 Å². The number of hydrogen-bond donors (Lipinski definition) is 4. The first-order valence-corrected chi connectivity index (χ1v) is 6.83. The molecule has 5 nitrogen and oxygen atoms in total. The largest absolute Gasteiger partial charge is 0.508 e. The predicted molar refractivity (Wildman–Crippen MR) is 81.0 cm³/mol. The lowest BCUT2D eigenvalue weighted by Crippen LogP contribution is -2.17. The maximum Gasteiger partial charge on any atom is 0.255 e. The minimum Gasteiger partial charge on any atom is -0.508 e. The van der Waals surface area contributed by atoms with Gasteiger partial charge in [-0.2, -0.15) is 0 Å². The van der Waals surface area contributed by atoms with E-state index in [2.05, 4.69) is 10.6 Å². The molecule has 2 aromatic carbocycles. The molecule has 0 saturated heterocycles. The van der Waals surface area contributed by atoms with Crippen molar-refractivity contribution in [3.63, 3.8) is 0 Å². The van der Waals surface area contributed by atoms with Crippen LogP contribution >= 0.6 is 0 Å². The minimum absolute atomic E-state index is 0.142.